The van der Waals surface area contributed by atoms with Crippen LogP contribution in [0.1, 0.15) is 65.2 Å². The maximum Gasteiger partial charge on any atom is 0.237 e. The molecule has 3 heteroatoms. The van der Waals surface area contributed by atoms with Gasteiger partial charge < -0.3 is 10.6 Å². The Bertz CT molecular complexity index is 422. The van der Waals surface area contributed by atoms with Crippen molar-refractivity contribution in [3.8, 4) is 0 Å². The van der Waals surface area contributed by atoms with Gasteiger partial charge in [0.2, 0.25) is 5.91 Å². The van der Waals surface area contributed by atoms with E-state index in [9.17, 15) is 4.79 Å². The van der Waals surface area contributed by atoms with E-state index in [1.54, 1.807) is 0 Å². The third-order valence-electron chi connectivity index (χ3n) is 6.39. The first-order chi connectivity index (χ1) is 9.40. The second kappa shape index (κ2) is 4.00. The van der Waals surface area contributed by atoms with E-state index < -0.39 is 0 Å². The first-order valence-electron chi connectivity index (χ1n) is 8.45. The summed E-state index contributed by atoms with van der Waals surface area (Å²) in [5.41, 5.74) is 1.07. The fraction of sp³-hybridized carbons (Fsp3) is 0.941. The molecular formula is C17H28N2O. The van der Waals surface area contributed by atoms with Crippen LogP contribution in [0.25, 0.3) is 0 Å². The Kier molecular flexibility index (Phi) is 2.62. The highest BCUT2D eigenvalue weighted by Crippen LogP contribution is 2.66. The summed E-state index contributed by atoms with van der Waals surface area (Å²) in [6.45, 7) is 5.93. The first kappa shape index (κ1) is 13.1. The zero-order valence-corrected chi connectivity index (χ0v) is 12.9. The highest BCUT2D eigenvalue weighted by Gasteiger charge is 2.60. The van der Waals surface area contributed by atoms with Gasteiger partial charge in [-0.2, -0.15) is 0 Å². The van der Waals surface area contributed by atoms with Crippen LogP contribution in [0, 0.1) is 16.7 Å². The van der Waals surface area contributed by atoms with Gasteiger partial charge in [0.1, 0.15) is 0 Å². The standard InChI is InChI=1S/C17H28N2O/c1-15-6-12-7-16(2,9-15)11-17(8-12,10-15)19-14(20)13-4-3-5-18-13/h12-13,18H,3-11H2,1-2H3,(H,19,20)/t12?,13-,15?,16?,17?/m1/s1. The van der Waals surface area contributed by atoms with E-state index in [1.165, 1.54) is 38.5 Å². The lowest BCUT2D eigenvalue weighted by Gasteiger charge is -2.65. The Labute approximate surface area is 122 Å². The molecule has 5 fully saturated rings. The molecule has 0 aromatic rings. The molecule has 0 radical (unpaired) electrons. The Morgan fingerprint density at radius 1 is 1.10 bits per heavy atom. The minimum absolute atomic E-state index is 0.0728. The van der Waals surface area contributed by atoms with Crippen LogP contribution >= 0.6 is 0 Å². The Morgan fingerprint density at radius 2 is 1.80 bits per heavy atom. The SMILES string of the molecule is CC12CC3CC(C)(C1)CC(NC(=O)[C@H]1CCCN1)(C3)C2. The van der Waals surface area contributed by atoms with Crippen molar-refractivity contribution in [3.63, 3.8) is 0 Å². The normalized spacial score (nSPS) is 53.3. The largest absolute Gasteiger partial charge is 0.349 e. The molecule has 1 heterocycles. The molecular weight excluding hydrogens is 248 g/mol. The van der Waals surface area contributed by atoms with Crippen LogP contribution in [0.2, 0.25) is 0 Å². The maximum atomic E-state index is 12.6. The van der Waals surface area contributed by atoms with Gasteiger partial charge >= 0.3 is 0 Å². The van der Waals surface area contributed by atoms with Crippen LogP contribution in [0.5, 0.6) is 0 Å². The molecule has 5 aliphatic rings. The molecule has 0 aromatic carbocycles. The number of hydrogen-bond donors (Lipinski definition) is 2. The third kappa shape index (κ3) is 2.01. The number of carbonyl (C=O) groups is 1. The van der Waals surface area contributed by atoms with E-state index in [0.29, 0.717) is 10.8 Å². The fourth-order valence-corrected chi connectivity index (χ4v) is 6.84. The van der Waals surface area contributed by atoms with Crippen LogP contribution in [0.3, 0.4) is 0 Å². The van der Waals surface area contributed by atoms with Crippen molar-refractivity contribution in [2.75, 3.05) is 6.54 Å². The van der Waals surface area contributed by atoms with Gasteiger partial charge in [-0.1, -0.05) is 13.8 Å². The third-order valence-corrected chi connectivity index (χ3v) is 6.39. The molecule has 20 heavy (non-hydrogen) atoms. The lowest BCUT2D eigenvalue weighted by atomic mass is 9.43. The summed E-state index contributed by atoms with van der Waals surface area (Å²) < 4.78 is 0. The van der Waals surface area contributed by atoms with Gasteiger partial charge in [0.05, 0.1) is 6.04 Å². The second-order valence-electron chi connectivity index (χ2n) is 9.05. The average molecular weight is 276 g/mol. The molecule has 4 saturated carbocycles. The van der Waals surface area contributed by atoms with Crippen LogP contribution in [0.4, 0.5) is 0 Å². The molecule has 4 aliphatic carbocycles. The van der Waals surface area contributed by atoms with Crippen molar-refractivity contribution < 1.29 is 4.79 Å². The molecule has 3 nitrogen and oxygen atoms in total. The number of nitrogens with one attached hydrogen (secondary N) is 2. The van der Waals surface area contributed by atoms with Crippen LogP contribution in [-0.2, 0) is 4.79 Å². The zero-order chi connectivity index (χ0) is 14.0. The predicted octanol–water partition coefficient (Wildman–Crippen LogP) is 2.60. The second-order valence-corrected chi connectivity index (χ2v) is 9.05. The monoisotopic (exact) mass is 276 g/mol. The molecule has 5 rings (SSSR count). The minimum Gasteiger partial charge on any atom is -0.349 e. The van der Waals surface area contributed by atoms with E-state index in [4.69, 9.17) is 0 Å². The average Bonchev–Trinajstić information content (AvgIpc) is 2.75. The summed E-state index contributed by atoms with van der Waals surface area (Å²) >= 11 is 0. The highest BCUT2D eigenvalue weighted by atomic mass is 16.2. The Balaban J connectivity index is 1.56. The van der Waals surface area contributed by atoms with E-state index in [0.717, 1.165) is 25.3 Å². The molecule has 1 saturated heterocycles. The van der Waals surface area contributed by atoms with E-state index in [-0.39, 0.29) is 17.5 Å². The van der Waals surface area contributed by atoms with Crippen molar-refractivity contribution >= 4 is 5.91 Å². The molecule has 0 aromatic heterocycles. The summed E-state index contributed by atoms with van der Waals surface area (Å²) in [7, 11) is 0. The van der Waals surface area contributed by atoms with Gasteiger partial charge in [-0.15, -0.1) is 0 Å². The minimum atomic E-state index is 0.0728. The predicted molar refractivity (Wildman–Crippen MR) is 79.3 cm³/mol. The molecule has 1 aliphatic heterocycles. The van der Waals surface area contributed by atoms with Gasteiger partial charge in [0.15, 0.2) is 0 Å². The Morgan fingerprint density at radius 3 is 2.35 bits per heavy atom. The molecule has 2 unspecified atom stereocenters. The van der Waals surface area contributed by atoms with E-state index in [1.807, 2.05) is 0 Å². The first-order valence-corrected chi connectivity index (χ1v) is 8.45. The highest BCUT2D eigenvalue weighted by molar-refractivity contribution is 5.82. The van der Waals surface area contributed by atoms with E-state index >= 15 is 0 Å². The number of amides is 1. The molecule has 1 amide bonds. The number of hydrogen-bond acceptors (Lipinski definition) is 2. The fourth-order valence-electron chi connectivity index (χ4n) is 6.84. The van der Waals surface area contributed by atoms with Crippen LogP contribution in [-0.4, -0.2) is 24.0 Å². The van der Waals surface area contributed by atoms with Crippen molar-refractivity contribution in [1.29, 1.82) is 0 Å². The van der Waals surface area contributed by atoms with Crippen molar-refractivity contribution in [2.24, 2.45) is 16.7 Å². The molecule has 0 spiro atoms. The van der Waals surface area contributed by atoms with Gasteiger partial charge in [0.25, 0.3) is 0 Å². The summed E-state index contributed by atoms with van der Waals surface area (Å²) in [6, 6.07) is 0.0728. The van der Waals surface area contributed by atoms with Crippen molar-refractivity contribution in [1.82, 2.24) is 10.6 Å². The molecule has 4 bridgehead atoms. The topological polar surface area (TPSA) is 41.1 Å². The molecule has 112 valence electrons. The number of rotatable bonds is 2. The quantitative estimate of drug-likeness (QED) is 0.814. The van der Waals surface area contributed by atoms with Crippen LogP contribution in [0.15, 0.2) is 0 Å². The van der Waals surface area contributed by atoms with E-state index in [2.05, 4.69) is 24.5 Å². The summed E-state index contributed by atoms with van der Waals surface area (Å²) in [6.07, 6.45) is 9.97. The lowest BCUT2D eigenvalue weighted by Crippen LogP contribution is -2.66. The summed E-state index contributed by atoms with van der Waals surface area (Å²) in [5, 5.41) is 6.86. The Hall–Kier alpha value is -0.570. The van der Waals surface area contributed by atoms with Gasteiger partial charge in [0, 0.05) is 5.54 Å². The maximum absolute atomic E-state index is 12.6. The van der Waals surface area contributed by atoms with Crippen molar-refractivity contribution in [2.45, 2.75) is 76.8 Å². The molecule has 3 atom stereocenters. The number of carbonyl (C=O) groups excluding carboxylic acids is 1. The lowest BCUT2D eigenvalue weighted by molar-refractivity contribution is -0.141. The van der Waals surface area contributed by atoms with Crippen molar-refractivity contribution in [3.05, 3.63) is 0 Å². The summed E-state index contributed by atoms with van der Waals surface area (Å²) in [5.74, 6) is 1.12. The smallest absolute Gasteiger partial charge is 0.237 e. The molecule has 2 N–H and O–H groups in total. The zero-order valence-electron chi connectivity index (χ0n) is 12.9. The van der Waals surface area contributed by atoms with Gasteiger partial charge in [-0.25, -0.2) is 0 Å². The van der Waals surface area contributed by atoms with Crippen LogP contribution < -0.4 is 10.6 Å². The van der Waals surface area contributed by atoms with Gasteiger partial charge in [-0.05, 0) is 74.7 Å². The summed E-state index contributed by atoms with van der Waals surface area (Å²) in [4.78, 5) is 12.6. The van der Waals surface area contributed by atoms with Gasteiger partial charge in [-0.3, -0.25) is 4.79 Å².